The predicted molar refractivity (Wildman–Crippen MR) is 43.4 cm³/mol. The maximum Gasteiger partial charge on any atom is 0.121 e. The summed E-state index contributed by atoms with van der Waals surface area (Å²) in [7, 11) is 0. The highest BCUT2D eigenvalue weighted by Crippen LogP contribution is 2.33. The van der Waals surface area contributed by atoms with Gasteiger partial charge in [0.05, 0.1) is 0 Å². The van der Waals surface area contributed by atoms with Crippen molar-refractivity contribution in [3.05, 3.63) is 0 Å². The van der Waals surface area contributed by atoms with Crippen molar-refractivity contribution in [2.45, 2.75) is 44.2 Å². The number of likely N-dealkylation sites (tertiary alicyclic amines) is 1. The van der Waals surface area contributed by atoms with E-state index >= 15 is 0 Å². The van der Waals surface area contributed by atoms with Crippen LogP contribution in [0.5, 0.6) is 0 Å². The maximum atomic E-state index is 10.3. The molecule has 11 heavy (non-hydrogen) atoms. The number of nitrogens with zero attached hydrogens (tertiary/aromatic N) is 1. The zero-order valence-electron chi connectivity index (χ0n) is 6.83. The summed E-state index contributed by atoms with van der Waals surface area (Å²) >= 11 is 0. The smallest absolute Gasteiger partial charge is 0.121 e. The minimum Gasteiger partial charge on any atom is -0.303 e. The SMILES string of the molecule is O=CCC1CCCN1C1CC1. The van der Waals surface area contributed by atoms with Gasteiger partial charge in [-0.1, -0.05) is 0 Å². The average molecular weight is 153 g/mol. The van der Waals surface area contributed by atoms with Gasteiger partial charge in [-0.3, -0.25) is 4.90 Å². The van der Waals surface area contributed by atoms with E-state index in [1.807, 2.05) is 0 Å². The molecule has 0 aromatic carbocycles. The lowest BCUT2D eigenvalue weighted by molar-refractivity contribution is -0.108. The molecular weight excluding hydrogens is 138 g/mol. The van der Waals surface area contributed by atoms with E-state index in [9.17, 15) is 4.79 Å². The van der Waals surface area contributed by atoms with E-state index in [2.05, 4.69) is 4.90 Å². The highest BCUT2D eigenvalue weighted by atomic mass is 16.1. The Hall–Kier alpha value is -0.370. The Morgan fingerprint density at radius 3 is 2.82 bits per heavy atom. The van der Waals surface area contributed by atoms with Crippen molar-refractivity contribution in [1.29, 1.82) is 0 Å². The molecule has 2 fully saturated rings. The molecule has 0 aromatic heterocycles. The standard InChI is InChI=1S/C9H15NO/c11-7-5-8-2-1-6-10(8)9-3-4-9/h7-9H,1-6H2. The normalized spacial score (nSPS) is 32.5. The van der Waals surface area contributed by atoms with Crippen LogP contribution in [0, 0.1) is 0 Å². The Labute approximate surface area is 67.6 Å². The highest BCUT2D eigenvalue weighted by Gasteiger charge is 2.36. The maximum absolute atomic E-state index is 10.3. The van der Waals surface area contributed by atoms with Crippen LogP contribution >= 0.6 is 0 Å². The third-order valence-electron chi connectivity index (χ3n) is 2.81. The predicted octanol–water partition coefficient (Wildman–Crippen LogP) is 1.20. The van der Waals surface area contributed by atoms with Crippen molar-refractivity contribution in [3.63, 3.8) is 0 Å². The van der Waals surface area contributed by atoms with Gasteiger partial charge < -0.3 is 4.79 Å². The van der Waals surface area contributed by atoms with Crippen molar-refractivity contribution in [3.8, 4) is 0 Å². The molecule has 2 aliphatic rings. The molecule has 1 atom stereocenters. The second-order valence-corrected chi connectivity index (χ2v) is 3.67. The Kier molecular flexibility index (Phi) is 1.95. The van der Waals surface area contributed by atoms with Crippen molar-refractivity contribution in [2.75, 3.05) is 6.54 Å². The zero-order chi connectivity index (χ0) is 7.68. The van der Waals surface area contributed by atoms with Crippen LogP contribution in [0.2, 0.25) is 0 Å². The minimum atomic E-state index is 0.597. The van der Waals surface area contributed by atoms with Crippen LogP contribution in [0.25, 0.3) is 0 Å². The molecule has 1 saturated carbocycles. The van der Waals surface area contributed by atoms with Crippen LogP contribution in [0.15, 0.2) is 0 Å². The molecular formula is C9H15NO. The van der Waals surface area contributed by atoms with Gasteiger partial charge in [-0.25, -0.2) is 0 Å². The molecule has 0 bridgehead atoms. The van der Waals surface area contributed by atoms with Crippen LogP contribution in [-0.2, 0) is 4.79 Å². The van der Waals surface area contributed by atoms with Gasteiger partial charge in [-0.15, -0.1) is 0 Å². The van der Waals surface area contributed by atoms with E-state index in [1.165, 1.54) is 32.2 Å². The van der Waals surface area contributed by atoms with E-state index in [0.717, 1.165) is 18.7 Å². The van der Waals surface area contributed by atoms with Gasteiger partial charge >= 0.3 is 0 Å². The van der Waals surface area contributed by atoms with Gasteiger partial charge in [0.25, 0.3) is 0 Å². The fourth-order valence-electron chi connectivity index (χ4n) is 2.11. The number of aldehydes is 1. The number of rotatable bonds is 3. The van der Waals surface area contributed by atoms with Crippen molar-refractivity contribution in [2.24, 2.45) is 0 Å². The third-order valence-corrected chi connectivity index (χ3v) is 2.81. The molecule has 0 radical (unpaired) electrons. The van der Waals surface area contributed by atoms with Crippen molar-refractivity contribution < 1.29 is 4.79 Å². The molecule has 1 unspecified atom stereocenters. The Bertz CT molecular complexity index is 154. The van der Waals surface area contributed by atoms with E-state index < -0.39 is 0 Å². The van der Waals surface area contributed by atoms with E-state index in [0.29, 0.717) is 6.04 Å². The summed E-state index contributed by atoms with van der Waals surface area (Å²) in [4.78, 5) is 12.9. The summed E-state index contributed by atoms with van der Waals surface area (Å²) in [6.45, 7) is 1.24. The quantitative estimate of drug-likeness (QED) is 0.568. The first-order valence-corrected chi connectivity index (χ1v) is 4.61. The minimum absolute atomic E-state index is 0.597. The molecule has 62 valence electrons. The first-order valence-electron chi connectivity index (χ1n) is 4.61. The van der Waals surface area contributed by atoms with E-state index in [-0.39, 0.29) is 0 Å². The zero-order valence-corrected chi connectivity index (χ0v) is 6.83. The van der Waals surface area contributed by atoms with Gasteiger partial charge in [-0.05, 0) is 32.2 Å². The number of hydrogen-bond acceptors (Lipinski definition) is 2. The fraction of sp³-hybridized carbons (Fsp3) is 0.889. The summed E-state index contributed by atoms with van der Waals surface area (Å²) in [5.41, 5.74) is 0. The second-order valence-electron chi connectivity index (χ2n) is 3.67. The summed E-state index contributed by atoms with van der Waals surface area (Å²) < 4.78 is 0. The van der Waals surface area contributed by atoms with Gasteiger partial charge in [0, 0.05) is 18.5 Å². The van der Waals surface area contributed by atoms with Gasteiger partial charge in [-0.2, -0.15) is 0 Å². The molecule has 0 amide bonds. The molecule has 1 aliphatic carbocycles. The molecule has 0 N–H and O–H groups in total. The van der Waals surface area contributed by atoms with Gasteiger partial charge in [0.1, 0.15) is 6.29 Å². The van der Waals surface area contributed by atoms with E-state index in [1.54, 1.807) is 0 Å². The number of hydrogen-bond donors (Lipinski definition) is 0. The molecule has 1 heterocycles. The summed E-state index contributed by atoms with van der Waals surface area (Å²) in [6.07, 6.45) is 7.12. The van der Waals surface area contributed by atoms with Crippen LogP contribution in [0.1, 0.15) is 32.1 Å². The Morgan fingerprint density at radius 2 is 2.18 bits per heavy atom. The van der Waals surface area contributed by atoms with Crippen LogP contribution in [0.4, 0.5) is 0 Å². The topological polar surface area (TPSA) is 20.3 Å². The van der Waals surface area contributed by atoms with Crippen LogP contribution in [-0.4, -0.2) is 29.8 Å². The molecule has 2 rings (SSSR count). The molecule has 1 aliphatic heterocycles. The Morgan fingerprint density at radius 1 is 1.36 bits per heavy atom. The van der Waals surface area contributed by atoms with E-state index in [4.69, 9.17) is 0 Å². The summed E-state index contributed by atoms with van der Waals surface area (Å²) in [5, 5.41) is 0. The third kappa shape index (κ3) is 1.45. The molecule has 0 spiro atoms. The fourth-order valence-corrected chi connectivity index (χ4v) is 2.11. The lowest BCUT2D eigenvalue weighted by atomic mass is 10.1. The summed E-state index contributed by atoms with van der Waals surface area (Å²) in [5.74, 6) is 0. The molecule has 2 nitrogen and oxygen atoms in total. The first kappa shape index (κ1) is 7.29. The average Bonchev–Trinajstić information content (AvgIpc) is 2.75. The number of carbonyl (C=O) groups is 1. The number of carbonyl (C=O) groups excluding carboxylic acids is 1. The molecule has 1 saturated heterocycles. The monoisotopic (exact) mass is 153 g/mol. The van der Waals surface area contributed by atoms with Crippen molar-refractivity contribution in [1.82, 2.24) is 4.90 Å². The largest absolute Gasteiger partial charge is 0.303 e. The van der Waals surface area contributed by atoms with Crippen LogP contribution < -0.4 is 0 Å². The summed E-state index contributed by atoms with van der Waals surface area (Å²) in [6, 6.07) is 1.45. The highest BCUT2D eigenvalue weighted by molar-refractivity contribution is 5.50. The van der Waals surface area contributed by atoms with Crippen LogP contribution in [0.3, 0.4) is 0 Å². The second kappa shape index (κ2) is 2.94. The first-order chi connectivity index (χ1) is 5.42. The van der Waals surface area contributed by atoms with Gasteiger partial charge in [0.15, 0.2) is 0 Å². The van der Waals surface area contributed by atoms with Gasteiger partial charge in [0.2, 0.25) is 0 Å². The molecule has 0 aromatic rings. The van der Waals surface area contributed by atoms with Crippen molar-refractivity contribution >= 4 is 6.29 Å². The lowest BCUT2D eigenvalue weighted by Gasteiger charge is -2.21. The lowest BCUT2D eigenvalue weighted by Crippen LogP contribution is -2.31. The molecule has 2 heteroatoms. The Balaban J connectivity index is 1.90.